The second kappa shape index (κ2) is 16.3. The summed E-state index contributed by atoms with van der Waals surface area (Å²) in [7, 11) is 0. The van der Waals surface area contributed by atoms with Crippen molar-refractivity contribution in [2.24, 2.45) is 0 Å². The van der Waals surface area contributed by atoms with E-state index in [0.717, 1.165) is 55.7 Å². The third kappa shape index (κ3) is 8.10. The summed E-state index contributed by atoms with van der Waals surface area (Å²) in [6.07, 6.45) is 1.66. The van der Waals surface area contributed by atoms with Gasteiger partial charge in [-0.25, -0.2) is 4.98 Å². The van der Waals surface area contributed by atoms with E-state index in [9.17, 15) is 6.48 Å². The standard InChI is InChI=1S/C59H55N3O/c1-38(2)51-37-46(29-30-48(51)49-19-12-14-22-52(49)59(6,7)8)62-54-23-16-21-47(56(54)61-57(62)50-20-13-15-24-55(50)63)43-33-42(39-17-10-9-11-18-39)34-44(35-43)53-36-41(31-32-60-53)40-25-27-45(28-26-40)58(3,4)5/h9-38,63H,1-8H3/i3D3,4D3,5D3,38D. The zero-order chi connectivity index (χ0) is 52.5. The first-order valence-corrected chi connectivity index (χ1v) is 21.1. The van der Waals surface area contributed by atoms with Crippen LogP contribution in [0, 0.1) is 0 Å². The Kier molecular flexibility index (Phi) is 8.02. The molecule has 0 aliphatic rings. The highest BCUT2D eigenvalue weighted by Crippen LogP contribution is 2.42. The lowest BCUT2D eigenvalue weighted by Gasteiger charge is -2.25. The number of pyridine rings is 1. The number of para-hydroxylation sites is 2. The number of hydrogen-bond donors (Lipinski definition) is 1. The molecule has 0 radical (unpaired) electrons. The van der Waals surface area contributed by atoms with E-state index in [-0.39, 0.29) is 16.7 Å². The summed E-state index contributed by atoms with van der Waals surface area (Å²) in [4.78, 5) is 10.2. The van der Waals surface area contributed by atoms with Crippen LogP contribution in [0.5, 0.6) is 5.75 Å². The van der Waals surface area contributed by atoms with Gasteiger partial charge in [0.05, 0.1) is 22.3 Å². The molecular weight excluding hydrogens is 767 g/mol. The Morgan fingerprint density at radius 3 is 1.95 bits per heavy atom. The van der Waals surface area contributed by atoms with Gasteiger partial charge in [0.1, 0.15) is 11.6 Å². The Balaban J connectivity index is 1.22. The molecule has 0 saturated heterocycles. The van der Waals surface area contributed by atoms with Gasteiger partial charge in [0.2, 0.25) is 0 Å². The van der Waals surface area contributed by atoms with E-state index < -0.39 is 31.9 Å². The number of aromatic hydroxyl groups is 1. The predicted octanol–water partition coefficient (Wildman–Crippen LogP) is 15.8. The number of aromatic nitrogens is 3. The molecule has 1 N–H and O–H groups in total. The van der Waals surface area contributed by atoms with E-state index in [1.165, 1.54) is 17.7 Å². The van der Waals surface area contributed by atoms with Gasteiger partial charge < -0.3 is 5.11 Å². The molecule has 7 aromatic carbocycles. The molecule has 2 heterocycles. The molecule has 312 valence electrons. The molecule has 0 amide bonds. The van der Waals surface area contributed by atoms with Crippen molar-refractivity contribution >= 4 is 11.0 Å². The van der Waals surface area contributed by atoms with E-state index in [4.69, 9.17) is 22.3 Å². The Morgan fingerprint density at radius 2 is 1.22 bits per heavy atom. The van der Waals surface area contributed by atoms with Crippen molar-refractivity contribution in [3.05, 3.63) is 193 Å². The molecule has 0 bridgehead atoms. The first-order chi connectivity index (χ1) is 34.3. The van der Waals surface area contributed by atoms with Crippen LogP contribution in [-0.2, 0) is 10.8 Å². The summed E-state index contributed by atoms with van der Waals surface area (Å²) in [6.45, 7) is 0.257. The average Bonchev–Trinajstić information content (AvgIpc) is 3.72. The van der Waals surface area contributed by atoms with Crippen molar-refractivity contribution in [2.75, 3.05) is 0 Å². The van der Waals surface area contributed by atoms with Gasteiger partial charge in [0, 0.05) is 36.7 Å². The van der Waals surface area contributed by atoms with Crippen molar-refractivity contribution in [1.82, 2.24) is 14.5 Å². The van der Waals surface area contributed by atoms with Crippen LogP contribution >= 0.6 is 0 Å². The summed E-state index contributed by atoms with van der Waals surface area (Å²) >= 11 is 0. The summed E-state index contributed by atoms with van der Waals surface area (Å²) < 4.78 is 85.3. The third-order valence-electron chi connectivity index (χ3n) is 11.7. The summed E-state index contributed by atoms with van der Waals surface area (Å²) in [5.74, 6) is -0.413. The van der Waals surface area contributed by atoms with Crippen LogP contribution < -0.4 is 0 Å². The fraction of sp³-hybridized carbons (Fsp3) is 0.186. The van der Waals surface area contributed by atoms with Crippen molar-refractivity contribution in [2.45, 2.75) is 71.9 Å². The quantitative estimate of drug-likeness (QED) is 0.166. The molecular formula is C59H55N3O. The maximum absolute atomic E-state index is 11.4. The van der Waals surface area contributed by atoms with E-state index in [1.807, 2.05) is 86.6 Å². The molecule has 0 aliphatic heterocycles. The Morgan fingerprint density at radius 1 is 0.556 bits per heavy atom. The van der Waals surface area contributed by atoms with E-state index in [1.54, 1.807) is 36.5 Å². The minimum atomic E-state index is -3.38. The van der Waals surface area contributed by atoms with Crippen LogP contribution in [0.4, 0.5) is 0 Å². The molecule has 4 nitrogen and oxygen atoms in total. The van der Waals surface area contributed by atoms with Crippen molar-refractivity contribution in [1.29, 1.82) is 0 Å². The average molecular weight is 832 g/mol. The molecule has 0 unspecified atom stereocenters. The lowest BCUT2D eigenvalue weighted by molar-refractivity contribution is 0.477. The van der Waals surface area contributed by atoms with Crippen molar-refractivity contribution < 1.29 is 18.8 Å². The third-order valence-corrected chi connectivity index (χ3v) is 11.7. The number of nitrogens with zero attached hydrogens (tertiary/aromatic N) is 3. The number of fused-ring (bicyclic) bond motifs is 1. The zero-order valence-corrected chi connectivity index (χ0v) is 36.0. The summed E-state index contributed by atoms with van der Waals surface area (Å²) in [5.41, 5.74) is 9.41. The largest absolute Gasteiger partial charge is 0.507 e. The van der Waals surface area contributed by atoms with Gasteiger partial charge in [-0.15, -0.1) is 0 Å². The first-order valence-electron chi connectivity index (χ1n) is 26.1. The van der Waals surface area contributed by atoms with E-state index in [0.29, 0.717) is 33.7 Å². The molecule has 4 heteroatoms. The lowest BCUT2D eigenvalue weighted by atomic mass is 9.80. The summed E-state index contributed by atoms with van der Waals surface area (Å²) in [5, 5.41) is 11.4. The van der Waals surface area contributed by atoms with E-state index in [2.05, 4.69) is 79.9 Å². The number of phenolic OH excluding ortho intramolecular Hbond substituents is 1. The van der Waals surface area contributed by atoms with Crippen molar-refractivity contribution in [3.8, 4) is 78.6 Å². The lowest BCUT2D eigenvalue weighted by Crippen LogP contribution is -2.13. The zero-order valence-electron chi connectivity index (χ0n) is 46.0. The topological polar surface area (TPSA) is 50.9 Å². The highest BCUT2D eigenvalue weighted by Gasteiger charge is 2.24. The molecule has 0 fully saturated rings. The molecule has 9 aromatic rings. The van der Waals surface area contributed by atoms with Gasteiger partial charge in [0.25, 0.3) is 0 Å². The summed E-state index contributed by atoms with van der Waals surface area (Å²) in [6, 6.07) is 53.3. The van der Waals surface area contributed by atoms with Crippen LogP contribution in [0.15, 0.2) is 176 Å². The Bertz CT molecular complexity index is 3470. The monoisotopic (exact) mass is 831 g/mol. The Labute approximate surface area is 386 Å². The van der Waals surface area contributed by atoms with Gasteiger partial charge in [-0.05, 0) is 133 Å². The second-order valence-corrected chi connectivity index (χ2v) is 17.4. The SMILES string of the molecule is [2H]C(C)(C)c1cc(-n2c(-c3ccccc3O)nc3c(-c4cc(-c5ccccc5)cc(-c5cc(-c6ccc(C(C([2H])([2H])[2H])(C([2H])([2H])[2H])C([2H])([2H])[2H])cc6)ccn5)c4)cccc32)ccc1-c1ccccc1C(C)(C)C. The maximum Gasteiger partial charge on any atom is 0.149 e. The smallest absolute Gasteiger partial charge is 0.149 e. The van der Waals surface area contributed by atoms with E-state index >= 15 is 0 Å². The minimum Gasteiger partial charge on any atom is -0.507 e. The molecule has 2 aromatic heterocycles. The molecule has 0 atom stereocenters. The maximum atomic E-state index is 11.4. The molecule has 0 aliphatic carbocycles. The van der Waals surface area contributed by atoms with Gasteiger partial charge in [-0.2, -0.15) is 0 Å². The number of rotatable bonds is 8. The van der Waals surface area contributed by atoms with Crippen LogP contribution in [0.1, 0.15) is 91.5 Å². The second-order valence-electron chi connectivity index (χ2n) is 17.4. The van der Waals surface area contributed by atoms with Crippen molar-refractivity contribution in [3.63, 3.8) is 0 Å². The number of imidazole rings is 1. The highest BCUT2D eigenvalue weighted by atomic mass is 16.3. The molecule has 63 heavy (non-hydrogen) atoms. The normalized spacial score (nSPS) is 15.1. The van der Waals surface area contributed by atoms with Crippen LogP contribution in [-0.4, -0.2) is 19.6 Å². The number of phenols is 1. The molecule has 9 rings (SSSR count). The predicted molar refractivity (Wildman–Crippen MR) is 265 cm³/mol. The molecule has 0 spiro atoms. The fourth-order valence-corrected chi connectivity index (χ4v) is 8.54. The first kappa shape index (κ1) is 30.9. The molecule has 0 saturated carbocycles. The number of benzene rings is 7. The van der Waals surface area contributed by atoms with Crippen LogP contribution in [0.25, 0.3) is 83.9 Å². The fourth-order valence-electron chi connectivity index (χ4n) is 8.54. The van der Waals surface area contributed by atoms with Gasteiger partial charge in [-0.1, -0.05) is 164 Å². The Hall–Kier alpha value is -7.04. The van der Waals surface area contributed by atoms with Crippen LogP contribution in [0.2, 0.25) is 0 Å². The van der Waals surface area contributed by atoms with Gasteiger partial charge in [0.15, 0.2) is 0 Å². The number of hydrogen-bond acceptors (Lipinski definition) is 3. The van der Waals surface area contributed by atoms with Crippen LogP contribution in [0.3, 0.4) is 0 Å². The van der Waals surface area contributed by atoms with Gasteiger partial charge >= 0.3 is 0 Å². The highest BCUT2D eigenvalue weighted by molar-refractivity contribution is 5.98. The minimum absolute atomic E-state index is 0.0671. The van der Waals surface area contributed by atoms with Gasteiger partial charge in [-0.3, -0.25) is 9.55 Å².